The Balaban J connectivity index is 2.07. The van der Waals surface area contributed by atoms with Gasteiger partial charge in [-0.1, -0.05) is 48.5 Å². The van der Waals surface area contributed by atoms with Crippen molar-refractivity contribution in [2.24, 2.45) is 5.73 Å². The normalized spacial score (nSPS) is 10.1. The lowest BCUT2D eigenvalue weighted by atomic mass is 10.1. The summed E-state index contributed by atoms with van der Waals surface area (Å²) in [5.41, 5.74) is 7.55. The second-order valence-electron chi connectivity index (χ2n) is 4.34. The number of nitrogens with one attached hydrogen (secondary N) is 1. The third-order valence-corrected chi connectivity index (χ3v) is 2.82. The molecule has 0 unspecified atom stereocenters. The van der Waals surface area contributed by atoms with Crippen LogP contribution >= 0.6 is 0 Å². The molecule has 0 aliphatic heterocycles. The number of benzene rings is 2. The Kier molecular flexibility index (Phi) is 4.56. The van der Waals surface area contributed by atoms with Gasteiger partial charge in [0.05, 0.1) is 12.4 Å². The first kappa shape index (κ1) is 13.1. The molecule has 0 atom stereocenters. The highest BCUT2D eigenvalue weighted by molar-refractivity contribution is 5.76. The van der Waals surface area contributed by atoms with E-state index in [1.807, 2.05) is 36.4 Å². The Morgan fingerprint density at radius 2 is 1.68 bits per heavy atom. The zero-order valence-electron chi connectivity index (χ0n) is 10.8. The van der Waals surface area contributed by atoms with Gasteiger partial charge in [0.2, 0.25) is 0 Å². The van der Waals surface area contributed by atoms with Crippen molar-refractivity contribution < 1.29 is 4.74 Å². The highest BCUT2D eigenvalue weighted by Gasteiger charge is 2.04. The van der Waals surface area contributed by atoms with Gasteiger partial charge in [-0.15, -0.1) is 0 Å². The highest BCUT2D eigenvalue weighted by atomic mass is 16.5. The fraction of sp³-hybridized carbons (Fsp3) is 0.188. The first-order chi connectivity index (χ1) is 9.27. The van der Waals surface area contributed by atoms with Crippen molar-refractivity contribution in [3.05, 3.63) is 54.6 Å². The van der Waals surface area contributed by atoms with E-state index in [-0.39, 0.29) is 5.84 Å². The average molecular weight is 254 g/mol. The maximum absolute atomic E-state index is 7.18. The van der Waals surface area contributed by atoms with Gasteiger partial charge < -0.3 is 10.5 Å². The fourth-order valence-electron chi connectivity index (χ4n) is 1.89. The third kappa shape index (κ3) is 3.85. The lowest BCUT2D eigenvalue weighted by Crippen LogP contribution is -2.11. The maximum Gasteiger partial charge on any atom is 0.127 e. The summed E-state index contributed by atoms with van der Waals surface area (Å²) in [5.74, 6) is 1.08. The molecule has 2 rings (SSSR count). The van der Waals surface area contributed by atoms with Crippen LogP contribution in [0.25, 0.3) is 11.1 Å². The van der Waals surface area contributed by atoms with Crippen molar-refractivity contribution in [2.45, 2.75) is 12.8 Å². The van der Waals surface area contributed by atoms with E-state index in [2.05, 4.69) is 18.2 Å². The van der Waals surface area contributed by atoms with Gasteiger partial charge in [-0.2, -0.15) is 0 Å². The van der Waals surface area contributed by atoms with Crippen LogP contribution in [-0.2, 0) is 0 Å². The van der Waals surface area contributed by atoms with Crippen molar-refractivity contribution in [1.82, 2.24) is 0 Å². The van der Waals surface area contributed by atoms with Crippen LogP contribution in [0, 0.1) is 5.41 Å². The molecule has 0 bridgehead atoms. The highest BCUT2D eigenvalue weighted by Crippen LogP contribution is 2.29. The minimum Gasteiger partial charge on any atom is -0.493 e. The molecule has 3 nitrogen and oxygen atoms in total. The van der Waals surface area contributed by atoms with Gasteiger partial charge in [-0.05, 0) is 18.1 Å². The summed E-state index contributed by atoms with van der Waals surface area (Å²) < 4.78 is 5.79. The maximum atomic E-state index is 7.18. The summed E-state index contributed by atoms with van der Waals surface area (Å²) in [6.45, 7) is 0.573. The standard InChI is InChI=1S/C16H18N2O/c17-16(18)11-6-12-19-15-10-5-4-9-14(15)13-7-2-1-3-8-13/h1-5,7-10H,6,11-12H2,(H3,17,18). The molecular formula is C16H18N2O. The summed E-state index contributed by atoms with van der Waals surface area (Å²) in [4.78, 5) is 0. The number of amidine groups is 1. The number of para-hydroxylation sites is 1. The molecule has 3 heteroatoms. The fourth-order valence-corrected chi connectivity index (χ4v) is 1.89. The number of rotatable bonds is 6. The van der Waals surface area contributed by atoms with E-state index in [0.717, 1.165) is 23.3 Å². The molecule has 19 heavy (non-hydrogen) atoms. The average Bonchev–Trinajstić information content (AvgIpc) is 2.45. The van der Waals surface area contributed by atoms with Gasteiger partial charge in [0.15, 0.2) is 0 Å². The summed E-state index contributed by atoms with van der Waals surface area (Å²) >= 11 is 0. The van der Waals surface area contributed by atoms with E-state index >= 15 is 0 Å². The zero-order valence-corrected chi connectivity index (χ0v) is 10.8. The minimum atomic E-state index is 0.208. The van der Waals surface area contributed by atoms with Crippen molar-refractivity contribution in [3.8, 4) is 16.9 Å². The SMILES string of the molecule is N=C(N)CCCOc1ccccc1-c1ccccc1. The summed E-state index contributed by atoms with van der Waals surface area (Å²) in [5, 5.41) is 7.18. The molecule has 3 N–H and O–H groups in total. The molecule has 0 heterocycles. The minimum absolute atomic E-state index is 0.208. The molecule has 98 valence electrons. The number of ether oxygens (including phenoxy) is 1. The van der Waals surface area contributed by atoms with Crippen LogP contribution in [0.4, 0.5) is 0 Å². The van der Waals surface area contributed by atoms with Crippen LogP contribution in [0.3, 0.4) is 0 Å². The van der Waals surface area contributed by atoms with Crippen molar-refractivity contribution >= 4 is 5.84 Å². The van der Waals surface area contributed by atoms with E-state index < -0.39 is 0 Å². The van der Waals surface area contributed by atoms with E-state index in [1.54, 1.807) is 0 Å². The Hall–Kier alpha value is -2.29. The predicted octanol–water partition coefficient (Wildman–Crippen LogP) is 3.45. The van der Waals surface area contributed by atoms with Crippen molar-refractivity contribution in [1.29, 1.82) is 5.41 Å². The summed E-state index contributed by atoms with van der Waals surface area (Å²) in [7, 11) is 0. The smallest absolute Gasteiger partial charge is 0.127 e. The van der Waals surface area contributed by atoms with Crippen LogP contribution in [0.5, 0.6) is 5.75 Å². The van der Waals surface area contributed by atoms with Crippen LogP contribution in [-0.4, -0.2) is 12.4 Å². The van der Waals surface area contributed by atoms with E-state index in [0.29, 0.717) is 13.0 Å². The molecule has 0 fully saturated rings. The first-order valence-electron chi connectivity index (χ1n) is 6.37. The number of nitrogens with two attached hydrogens (primary N) is 1. The van der Waals surface area contributed by atoms with Gasteiger partial charge in [-0.25, -0.2) is 0 Å². The monoisotopic (exact) mass is 254 g/mol. The third-order valence-electron chi connectivity index (χ3n) is 2.82. The van der Waals surface area contributed by atoms with Gasteiger partial charge >= 0.3 is 0 Å². The topological polar surface area (TPSA) is 59.1 Å². The van der Waals surface area contributed by atoms with Gasteiger partial charge in [-0.3, -0.25) is 5.41 Å². The van der Waals surface area contributed by atoms with Gasteiger partial charge in [0.1, 0.15) is 5.75 Å². The molecule has 0 aliphatic rings. The molecule has 0 amide bonds. The van der Waals surface area contributed by atoms with Crippen molar-refractivity contribution in [3.63, 3.8) is 0 Å². The molecule has 0 radical (unpaired) electrons. The number of hydrogen-bond acceptors (Lipinski definition) is 2. The van der Waals surface area contributed by atoms with E-state index in [1.165, 1.54) is 0 Å². The second kappa shape index (κ2) is 6.59. The van der Waals surface area contributed by atoms with E-state index in [4.69, 9.17) is 15.9 Å². The van der Waals surface area contributed by atoms with Gasteiger partial charge in [0, 0.05) is 12.0 Å². The quantitative estimate of drug-likeness (QED) is 0.471. The molecular weight excluding hydrogens is 236 g/mol. The Labute approximate surface area is 113 Å². The second-order valence-corrected chi connectivity index (χ2v) is 4.34. The lowest BCUT2D eigenvalue weighted by molar-refractivity contribution is 0.314. The Bertz CT molecular complexity index is 537. The van der Waals surface area contributed by atoms with Gasteiger partial charge in [0.25, 0.3) is 0 Å². The molecule has 0 saturated heterocycles. The van der Waals surface area contributed by atoms with Crippen LogP contribution in [0.15, 0.2) is 54.6 Å². The predicted molar refractivity (Wildman–Crippen MR) is 78.5 cm³/mol. The van der Waals surface area contributed by atoms with Crippen LogP contribution < -0.4 is 10.5 Å². The van der Waals surface area contributed by atoms with Crippen LogP contribution in [0.1, 0.15) is 12.8 Å². The first-order valence-corrected chi connectivity index (χ1v) is 6.37. The van der Waals surface area contributed by atoms with Crippen molar-refractivity contribution in [2.75, 3.05) is 6.61 Å². The van der Waals surface area contributed by atoms with E-state index in [9.17, 15) is 0 Å². The summed E-state index contributed by atoms with van der Waals surface area (Å²) in [6, 6.07) is 18.2. The lowest BCUT2D eigenvalue weighted by Gasteiger charge is -2.11. The Morgan fingerprint density at radius 3 is 2.42 bits per heavy atom. The molecule has 2 aromatic carbocycles. The molecule has 0 aliphatic carbocycles. The number of hydrogen-bond donors (Lipinski definition) is 2. The molecule has 0 saturated carbocycles. The summed E-state index contributed by atoms with van der Waals surface area (Å²) in [6.07, 6.45) is 1.34. The molecule has 0 spiro atoms. The Morgan fingerprint density at radius 1 is 1.00 bits per heavy atom. The zero-order chi connectivity index (χ0) is 13.5. The molecule has 2 aromatic rings. The van der Waals surface area contributed by atoms with Crippen LogP contribution in [0.2, 0.25) is 0 Å². The molecule has 0 aromatic heterocycles. The largest absolute Gasteiger partial charge is 0.493 e.